The molecule has 28 heavy (non-hydrogen) atoms. The molecule has 2 saturated heterocycles. The third-order valence-electron chi connectivity index (χ3n) is 6.17. The molecule has 2 aromatic heterocycles. The van der Waals surface area contributed by atoms with Crippen LogP contribution in [-0.4, -0.2) is 63.2 Å². The van der Waals surface area contributed by atoms with Crippen LogP contribution in [0.4, 0.5) is 0 Å². The number of morpholine rings is 1. The van der Waals surface area contributed by atoms with E-state index in [4.69, 9.17) is 4.74 Å². The molecule has 2 aliphatic rings. The summed E-state index contributed by atoms with van der Waals surface area (Å²) < 4.78 is 7.86. The van der Waals surface area contributed by atoms with Gasteiger partial charge >= 0.3 is 0 Å². The van der Waals surface area contributed by atoms with E-state index in [2.05, 4.69) is 39.2 Å². The highest BCUT2D eigenvalue weighted by Gasteiger charge is 2.52. The minimum absolute atomic E-state index is 0.0470. The Labute approximate surface area is 163 Å². The van der Waals surface area contributed by atoms with E-state index in [0.717, 1.165) is 37.3 Å². The fourth-order valence-corrected chi connectivity index (χ4v) is 4.64. The second kappa shape index (κ2) is 6.68. The topological polar surface area (TPSA) is 63.0 Å². The Balaban J connectivity index is 1.41. The number of hydrogen-bond acceptors (Lipinski definition) is 5. The molecule has 4 heterocycles. The molecule has 0 saturated carbocycles. The second-order valence-electron chi connectivity index (χ2n) is 7.63. The van der Waals surface area contributed by atoms with Gasteiger partial charge < -0.3 is 9.64 Å². The van der Waals surface area contributed by atoms with Gasteiger partial charge in [-0.3, -0.25) is 9.69 Å². The van der Waals surface area contributed by atoms with Crippen LogP contribution in [0, 0.1) is 0 Å². The Hall–Kier alpha value is -2.77. The Morgan fingerprint density at radius 1 is 1.25 bits per heavy atom. The standard InChI is InChI=1S/C21H23N5O2/c1-24-20(27)14-28-18-13-25(10-8-21(18,24)17-5-3-2-4-6-17)12-16-7-9-26-19(11-16)22-15-23-26/h2-7,9,11,15,18H,8,10,12-14H2,1H3/t18-,21+/m1/s1. The van der Waals surface area contributed by atoms with Crippen molar-refractivity contribution < 1.29 is 9.53 Å². The number of pyridine rings is 1. The van der Waals surface area contributed by atoms with Crippen LogP contribution in [0.3, 0.4) is 0 Å². The van der Waals surface area contributed by atoms with Gasteiger partial charge in [-0.2, -0.15) is 5.10 Å². The quantitative estimate of drug-likeness (QED) is 0.695. The van der Waals surface area contributed by atoms with Crippen LogP contribution in [-0.2, 0) is 21.6 Å². The molecule has 144 valence electrons. The van der Waals surface area contributed by atoms with E-state index in [0.29, 0.717) is 0 Å². The first-order valence-electron chi connectivity index (χ1n) is 9.61. The monoisotopic (exact) mass is 377 g/mol. The Bertz CT molecular complexity index is 1000. The highest BCUT2D eigenvalue weighted by molar-refractivity contribution is 5.79. The molecule has 0 N–H and O–H groups in total. The lowest BCUT2D eigenvalue weighted by atomic mass is 9.76. The van der Waals surface area contributed by atoms with Gasteiger partial charge in [0, 0.05) is 32.9 Å². The summed E-state index contributed by atoms with van der Waals surface area (Å²) in [6.07, 6.45) is 4.30. The molecule has 2 atom stereocenters. The minimum Gasteiger partial charge on any atom is -0.364 e. The van der Waals surface area contributed by atoms with Crippen LogP contribution in [0.25, 0.3) is 5.65 Å². The number of carbonyl (C=O) groups excluding carboxylic acids is 1. The van der Waals surface area contributed by atoms with Gasteiger partial charge in [0.1, 0.15) is 12.9 Å². The van der Waals surface area contributed by atoms with E-state index in [1.807, 2.05) is 36.3 Å². The summed E-state index contributed by atoms with van der Waals surface area (Å²) in [5.74, 6) is 0.0470. The van der Waals surface area contributed by atoms with Crippen molar-refractivity contribution in [1.29, 1.82) is 0 Å². The van der Waals surface area contributed by atoms with E-state index >= 15 is 0 Å². The molecule has 0 bridgehead atoms. The number of amides is 1. The molecule has 7 heteroatoms. The zero-order valence-electron chi connectivity index (χ0n) is 15.9. The van der Waals surface area contributed by atoms with Gasteiger partial charge in [0.05, 0.1) is 11.6 Å². The Morgan fingerprint density at radius 2 is 2.11 bits per heavy atom. The van der Waals surface area contributed by atoms with E-state index in [1.165, 1.54) is 5.56 Å². The zero-order chi connectivity index (χ0) is 19.1. The first-order chi connectivity index (χ1) is 13.7. The number of ether oxygens (including phenoxy) is 1. The average molecular weight is 377 g/mol. The predicted molar refractivity (Wildman–Crippen MR) is 104 cm³/mol. The molecule has 2 fully saturated rings. The van der Waals surface area contributed by atoms with Crippen molar-refractivity contribution >= 4 is 11.6 Å². The largest absolute Gasteiger partial charge is 0.364 e. The Kier molecular flexibility index (Phi) is 4.14. The molecule has 2 aliphatic heterocycles. The lowest BCUT2D eigenvalue weighted by molar-refractivity contribution is -0.183. The summed E-state index contributed by atoms with van der Waals surface area (Å²) in [5, 5.41) is 4.15. The molecule has 3 aromatic rings. The highest BCUT2D eigenvalue weighted by Crippen LogP contribution is 2.42. The first-order valence-corrected chi connectivity index (χ1v) is 9.61. The molecule has 0 spiro atoms. The van der Waals surface area contributed by atoms with Gasteiger partial charge in [0.25, 0.3) is 0 Å². The molecule has 1 amide bonds. The third-order valence-corrected chi connectivity index (χ3v) is 6.17. The summed E-state index contributed by atoms with van der Waals surface area (Å²) in [6.45, 7) is 2.65. The number of likely N-dealkylation sites (N-methyl/N-ethyl adjacent to an activating group) is 1. The molecular weight excluding hydrogens is 354 g/mol. The predicted octanol–water partition coefficient (Wildman–Crippen LogP) is 1.69. The molecule has 7 nitrogen and oxygen atoms in total. The van der Waals surface area contributed by atoms with Crippen molar-refractivity contribution in [3.63, 3.8) is 0 Å². The molecular formula is C21H23N5O2. The van der Waals surface area contributed by atoms with Gasteiger partial charge in [-0.25, -0.2) is 9.50 Å². The van der Waals surface area contributed by atoms with Gasteiger partial charge in [-0.1, -0.05) is 30.3 Å². The van der Waals surface area contributed by atoms with Gasteiger partial charge in [0.15, 0.2) is 5.65 Å². The average Bonchev–Trinajstić information content (AvgIpc) is 3.20. The number of fused-ring (bicyclic) bond motifs is 2. The lowest BCUT2D eigenvalue weighted by Gasteiger charge is -2.55. The fourth-order valence-electron chi connectivity index (χ4n) is 4.64. The summed E-state index contributed by atoms with van der Waals surface area (Å²) in [7, 11) is 1.92. The van der Waals surface area contributed by atoms with Crippen LogP contribution in [0.5, 0.6) is 0 Å². The fraction of sp³-hybridized carbons (Fsp3) is 0.381. The summed E-state index contributed by atoms with van der Waals surface area (Å²) >= 11 is 0. The van der Waals surface area contributed by atoms with Crippen molar-refractivity contribution in [2.75, 3.05) is 26.7 Å². The third kappa shape index (κ3) is 2.70. The summed E-state index contributed by atoms with van der Waals surface area (Å²) in [4.78, 5) is 21.1. The SMILES string of the molecule is CN1C(=O)CO[C@@H]2CN(Cc3ccn4ncnc4c3)CC[C@]21c1ccccc1. The van der Waals surface area contributed by atoms with Crippen molar-refractivity contribution in [3.05, 3.63) is 66.1 Å². The minimum atomic E-state index is -0.399. The Morgan fingerprint density at radius 3 is 2.96 bits per heavy atom. The van der Waals surface area contributed by atoms with E-state index in [-0.39, 0.29) is 18.6 Å². The van der Waals surface area contributed by atoms with Crippen LogP contribution < -0.4 is 0 Å². The smallest absolute Gasteiger partial charge is 0.249 e. The van der Waals surface area contributed by atoms with Gasteiger partial charge in [-0.05, 0) is 29.7 Å². The number of piperidine rings is 1. The maximum absolute atomic E-state index is 12.5. The van der Waals surface area contributed by atoms with E-state index in [1.54, 1.807) is 10.8 Å². The highest BCUT2D eigenvalue weighted by atomic mass is 16.5. The molecule has 0 radical (unpaired) electrons. The number of aromatic nitrogens is 3. The number of carbonyl (C=O) groups is 1. The van der Waals surface area contributed by atoms with Crippen molar-refractivity contribution in [1.82, 2.24) is 24.4 Å². The number of benzene rings is 1. The molecule has 1 aromatic carbocycles. The van der Waals surface area contributed by atoms with Crippen molar-refractivity contribution in [2.24, 2.45) is 0 Å². The van der Waals surface area contributed by atoms with Crippen LogP contribution in [0.2, 0.25) is 0 Å². The van der Waals surface area contributed by atoms with Crippen molar-refractivity contribution in [3.8, 4) is 0 Å². The summed E-state index contributed by atoms with van der Waals surface area (Å²) in [5.41, 5.74) is 2.81. The van der Waals surface area contributed by atoms with E-state index < -0.39 is 5.54 Å². The normalized spacial score (nSPS) is 25.8. The van der Waals surface area contributed by atoms with E-state index in [9.17, 15) is 4.79 Å². The van der Waals surface area contributed by atoms with Crippen LogP contribution in [0.15, 0.2) is 55.0 Å². The first kappa shape index (κ1) is 17.3. The second-order valence-corrected chi connectivity index (χ2v) is 7.63. The number of nitrogens with zero attached hydrogens (tertiary/aromatic N) is 5. The number of rotatable bonds is 3. The maximum Gasteiger partial charge on any atom is 0.249 e. The summed E-state index contributed by atoms with van der Waals surface area (Å²) in [6, 6.07) is 14.5. The maximum atomic E-state index is 12.5. The number of likely N-dealkylation sites (tertiary alicyclic amines) is 1. The molecule has 0 unspecified atom stereocenters. The van der Waals surface area contributed by atoms with Gasteiger partial charge in [-0.15, -0.1) is 0 Å². The number of hydrogen-bond donors (Lipinski definition) is 0. The molecule has 5 rings (SSSR count). The van der Waals surface area contributed by atoms with Gasteiger partial charge in [0.2, 0.25) is 5.91 Å². The van der Waals surface area contributed by atoms with Crippen molar-refractivity contribution in [2.45, 2.75) is 24.6 Å². The molecule has 0 aliphatic carbocycles. The lowest BCUT2D eigenvalue weighted by Crippen LogP contribution is -2.66. The van der Waals surface area contributed by atoms with Crippen LogP contribution >= 0.6 is 0 Å². The van der Waals surface area contributed by atoms with Crippen LogP contribution in [0.1, 0.15) is 17.5 Å². The zero-order valence-corrected chi connectivity index (χ0v) is 15.9.